The van der Waals surface area contributed by atoms with Crippen molar-refractivity contribution in [2.45, 2.75) is 33.3 Å². The number of aryl methyl sites for hydroxylation is 1. The molecule has 2 rings (SSSR count). The van der Waals surface area contributed by atoms with Gasteiger partial charge in [-0.15, -0.1) is 0 Å². The third-order valence-electron chi connectivity index (χ3n) is 2.30. The molecule has 2 N–H and O–H groups in total. The number of aromatic nitrogens is 3. The van der Waals surface area contributed by atoms with Crippen LogP contribution < -0.4 is 5.32 Å². The average Bonchev–Trinajstić information content (AvgIpc) is 2.96. The van der Waals surface area contributed by atoms with E-state index in [-0.39, 0.29) is 17.4 Å². The molecule has 0 fully saturated rings. The fourth-order valence-corrected chi connectivity index (χ4v) is 2.02. The van der Waals surface area contributed by atoms with Crippen molar-refractivity contribution in [3.8, 4) is 0 Å². The molecule has 112 valence electrons. The second kappa shape index (κ2) is 5.65. The Morgan fingerprint density at radius 1 is 1.33 bits per heavy atom. The number of hydrogen-bond donors (Lipinski definition) is 2. The first kappa shape index (κ1) is 15.2. The zero-order chi connectivity index (χ0) is 15.6. The highest BCUT2D eigenvalue weighted by molar-refractivity contribution is 7.05. The van der Waals surface area contributed by atoms with Crippen molar-refractivity contribution in [2.24, 2.45) is 0 Å². The van der Waals surface area contributed by atoms with E-state index in [4.69, 9.17) is 4.74 Å². The Kier molecular flexibility index (Phi) is 4.08. The van der Waals surface area contributed by atoms with Crippen molar-refractivity contribution in [1.29, 1.82) is 0 Å². The molecular weight excluding hydrogens is 292 g/mol. The summed E-state index contributed by atoms with van der Waals surface area (Å²) in [6.45, 7) is 7.18. The van der Waals surface area contributed by atoms with E-state index in [0.29, 0.717) is 5.69 Å². The van der Waals surface area contributed by atoms with Crippen molar-refractivity contribution < 1.29 is 14.3 Å². The largest absolute Gasteiger partial charge is 0.455 e. The molecule has 0 aromatic carbocycles. The van der Waals surface area contributed by atoms with E-state index < -0.39 is 11.6 Å². The van der Waals surface area contributed by atoms with Gasteiger partial charge >= 0.3 is 5.97 Å². The zero-order valence-electron chi connectivity index (χ0n) is 12.2. The number of rotatable bonds is 3. The molecule has 0 unspecified atom stereocenters. The lowest BCUT2D eigenvalue weighted by atomic mass is 10.2. The number of aromatic amines is 1. The average molecular weight is 308 g/mol. The summed E-state index contributed by atoms with van der Waals surface area (Å²) in [7, 11) is 0. The summed E-state index contributed by atoms with van der Waals surface area (Å²) >= 11 is 1.25. The Hall–Kier alpha value is -2.22. The standard InChI is InChI=1S/C13H16N4O3S/c1-7-5-8(17-21-7)11(18)14-10-6-9(15-16-10)12(19)20-13(2,3)4/h5-6H,1-4H3,(H2,14,15,16,18). The maximum Gasteiger partial charge on any atom is 0.356 e. The van der Waals surface area contributed by atoms with Crippen LogP contribution in [0.3, 0.4) is 0 Å². The van der Waals surface area contributed by atoms with Crippen molar-refractivity contribution >= 4 is 29.2 Å². The van der Waals surface area contributed by atoms with Crippen LogP contribution in [0.25, 0.3) is 0 Å². The molecule has 0 saturated carbocycles. The van der Waals surface area contributed by atoms with Crippen LogP contribution in [0.2, 0.25) is 0 Å². The van der Waals surface area contributed by atoms with Crippen LogP contribution >= 0.6 is 11.5 Å². The van der Waals surface area contributed by atoms with E-state index in [2.05, 4.69) is 19.9 Å². The number of anilines is 1. The normalized spacial score (nSPS) is 11.2. The second-order valence-electron chi connectivity index (χ2n) is 5.45. The van der Waals surface area contributed by atoms with Crippen molar-refractivity contribution in [1.82, 2.24) is 14.6 Å². The van der Waals surface area contributed by atoms with Crippen LogP contribution in [0.15, 0.2) is 12.1 Å². The minimum Gasteiger partial charge on any atom is -0.455 e. The predicted octanol–water partition coefficient (Wildman–Crippen LogP) is 2.38. The van der Waals surface area contributed by atoms with Crippen LogP contribution in [0.4, 0.5) is 5.82 Å². The topological polar surface area (TPSA) is 97.0 Å². The van der Waals surface area contributed by atoms with Gasteiger partial charge in [0.05, 0.1) is 0 Å². The van der Waals surface area contributed by atoms with Gasteiger partial charge in [0.1, 0.15) is 17.0 Å². The first-order valence-electron chi connectivity index (χ1n) is 6.28. The van der Waals surface area contributed by atoms with Gasteiger partial charge in [-0.05, 0) is 45.3 Å². The van der Waals surface area contributed by atoms with Crippen LogP contribution in [0.1, 0.15) is 46.6 Å². The molecule has 21 heavy (non-hydrogen) atoms. The highest BCUT2D eigenvalue weighted by atomic mass is 32.1. The van der Waals surface area contributed by atoms with Crippen molar-refractivity contribution in [2.75, 3.05) is 5.32 Å². The molecule has 2 aromatic rings. The van der Waals surface area contributed by atoms with Gasteiger partial charge in [0, 0.05) is 10.9 Å². The molecular formula is C13H16N4O3S. The summed E-state index contributed by atoms with van der Waals surface area (Å²) in [4.78, 5) is 24.7. The third kappa shape index (κ3) is 4.12. The maximum absolute atomic E-state index is 11.9. The fraction of sp³-hybridized carbons (Fsp3) is 0.385. The van der Waals surface area contributed by atoms with Crippen LogP contribution in [-0.2, 0) is 4.74 Å². The number of nitrogens with zero attached hydrogens (tertiary/aromatic N) is 2. The lowest BCUT2D eigenvalue weighted by Crippen LogP contribution is -2.24. The lowest BCUT2D eigenvalue weighted by Gasteiger charge is -2.18. The Morgan fingerprint density at radius 2 is 2.05 bits per heavy atom. The maximum atomic E-state index is 11.9. The van der Waals surface area contributed by atoms with E-state index in [1.54, 1.807) is 26.8 Å². The highest BCUT2D eigenvalue weighted by Gasteiger charge is 2.20. The van der Waals surface area contributed by atoms with Crippen LogP contribution in [-0.4, -0.2) is 32.0 Å². The molecule has 0 radical (unpaired) electrons. The van der Waals surface area contributed by atoms with Gasteiger partial charge in [0.15, 0.2) is 5.82 Å². The second-order valence-corrected chi connectivity index (χ2v) is 6.45. The smallest absolute Gasteiger partial charge is 0.356 e. The van der Waals surface area contributed by atoms with E-state index in [1.165, 1.54) is 17.6 Å². The Morgan fingerprint density at radius 3 is 2.62 bits per heavy atom. The number of carbonyl (C=O) groups is 2. The Labute approximate surface area is 125 Å². The number of ether oxygens (including phenoxy) is 1. The third-order valence-corrected chi connectivity index (χ3v) is 2.99. The first-order chi connectivity index (χ1) is 9.74. The molecule has 0 aliphatic rings. The molecule has 8 heteroatoms. The molecule has 2 aromatic heterocycles. The van der Waals surface area contributed by atoms with Crippen molar-refractivity contribution in [3.63, 3.8) is 0 Å². The van der Waals surface area contributed by atoms with E-state index in [1.807, 2.05) is 6.92 Å². The van der Waals surface area contributed by atoms with Gasteiger partial charge in [-0.1, -0.05) is 0 Å². The molecule has 0 atom stereocenters. The number of esters is 1. The van der Waals surface area contributed by atoms with Gasteiger partial charge < -0.3 is 10.1 Å². The van der Waals surface area contributed by atoms with Gasteiger partial charge in [0.2, 0.25) is 0 Å². The zero-order valence-corrected chi connectivity index (χ0v) is 13.0. The number of hydrogen-bond acceptors (Lipinski definition) is 6. The molecule has 2 heterocycles. The Bertz CT molecular complexity index is 669. The first-order valence-corrected chi connectivity index (χ1v) is 7.05. The fourth-order valence-electron chi connectivity index (χ4n) is 1.48. The van der Waals surface area contributed by atoms with E-state index in [0.717, 1.165) is 4.88 Å². The van der Waals surface area contributed by atoms with E-state index >= 15 is 0 Å². The minimum atomic E-state index is -0.594. The summed E-state index contributed by atoms with van der Waals surface area (Å²) in [6.07, 6.45) is 0. The summed E-state index contributed by atoms with van der Waals surface area (Å²) in [5, 5.41) is 8.96. The van der Waals surface area contributed by atoms with Crippen LogP contribution in [0, 0.1) is 6.92 Å². The summed E-state index contributed by atoms with van der Waals surface area (Å²) in [5.74, 6) is -0.659. The molecule has 0 saturated heterocycles. The molecule has 0 aliphatic heterocycles. The van der Waals surface area contributed by atoms with Gasteiger partial charge in [-0.25, -0.2) is 4.79 Å². The lowest BCUT2D eigenvalue weighted by molar-refractivity contribution is 0.00627. The van der Waals surface area contributed by atoms with Gasteiger partial charge in [-0.3, -0.25) is 9.89 Å². The molecule has 0 spiro atoms. The van der Waals surface area contributed by atoms with Gasteiger partial charge in [0.25, 0.3) is 5.91 Å². The molecule has 0 aliphatic carbocycles. The van der Waals surface area contributed by atoms with Crippen molar-refractivity contribution in [3.05, 3.63) is 28.4 Å². The highest BCUT2D eigenvalue weighted by Crippen LogP contribution is 2.14. The monoisotopic (exact) mass is 308 g/mol. The van der Waals surface area contributed by atoms with Crippen LogP contribution in [0.5, 0.6) is 0 Å². The molecule has 0 bridgehead atoms. The quantitative estimate of drug-likeness (QED) is 0.848. The number of nitrogens with one attached hydrogen (secondary N) is 2. The molecule has 7 nitrogen and oxygen atoms in total. The SMILES string of the molecule is Cc1cc(C(=O)Nc2cc(C(=O)OC(C)(C)C)[nH]n2)ns1. The summed E-state index contributed by atoms with van der Waals surface area (Å²) in [5.41, 5.74) is -0.0991. The Balaban J connectivity index is 2.03. The number of H-pyrrole nitrogens is 1. The number of amides is 1. The summed E-state index contributed by atoms with van der Waals surface area (Å²) < 4.78 is 9.20. The van der Waals surface area contributed by atoms with Gasteiger partial charge in [-0.2, -0.15) is 9.47 Å². The summed E-state index contributed by atoms with van der Waals surface area (Å²) in [6, 6.07) is 3.10. The molecule has 1 amide bonds. The minimum absolute atomic E-state index is 0.176. The predicted molar refractivity (Wildman–Crippen MR) is 78.6 cm³/mol. The number of carbonyl (C=O) groups excluding carboxylic acids is 2. The van der Waals surface area contributed by atoms with E-state index in [9.17, 15) is 9.59 Å².